The molecule has 0 atom stereocenters. The van der Waals surface area contributed by atoms with Crippen molar-refractivity contribution in [3.8, 4) is 6.07 Å². The van der Waals surface area contributed by atoms with Crippen LogP contribution in [0.25, 0.3) is 0 Å². The summed E-state index contributed by atoms with van der Waals surface area (Å²) in [6.07, 6.45) is 1.70. The van der Waals surface area contributed by atoms with Crippen molar-refractivity contribution in [2.45, 2.75) is 0 Å². The molecule has 0 spiro atoms. The smallest absolute Gasteiger partial charge is 0.251 e. The van der Waals surface area contributed by atoms with Crippen molar-refractivity contribution in [3.63, 3.8) is 0 Å². The standard InChI is InChI=1S/C12H13N3O/c1-3-6-15-11-5-4-9(12(16)14-2)7-10(11)8-13/h3-5,7,15H,1,6H2,2H3,(H,14,16). The van der Waals surface area contributed by atoms with E-state index in [1.165, 1.54) is 0 Å². The lowest BCUT2D eigenvalue weighted by Gasteiger charge is -2.07. The first-order valence-electron chi connectivity index (χ1n) is 4.84. The zero-order chi connectivity index (χ0) is 12.0. The number of carbonyl (C=O) groups is 1. The minimum atomic E-state index is -0.202. The van der Waals surface area contributed by atoms with Crippen LogP contribution < -0.4 is 10.6 Å². The molecular formula is C12H13N3O. The molecule has 0 saturated heterocycles. The molecule has 0 fully saturated rings. The lowest BCUT2D eigenvalue weighted by atomic mass is 10.1. The van der Waals surface area contributed by atoms with Crippen molar-refractivity contribution < 1.29 is 4.79 Å². The van der Waals surface area contributed by atoms with Crippen LogP contribution in [0, 0.1) is 11.3 Å². The summed E-state index contributed by atoms with van der Waals surface area (Å²) < 4.78 is 0. The van der Waals surface area contributed by atoms with Gasteiger partial charge in [-0.15, -0.1) is 6.58 Å². The van der Waals surface area contributed by atoms with Crippen molar-refractivity contribution in [3.05, 3.63) is 42.0 Å². The maximum absolute atomic E-state index is 11.3. The predicted octanol–water partition coefficient (Wildman–Crippen LogP) is 1.52. The Morgan fingerprint density at radius 2 is 2.38 bits per heavy atom. The Morgan fingerprint density at radius 1 is 1.62 bits per heavy atom. The van der Waals surface area contributed by atoms with E-state index in [4.69, 9.17) is 5.26 Å². The summed E-state index contributed by atoms with van der Waals surface area (Å²) in [4.78, 5) is 11.3. The minimum Gasteiger partial charge on any atom is -0.381 e. The van der Waals surface area contributed by atoms with Gasteiger partial charge in [-0.1, -0.05) is 6.08 Å². The molecule has 1 rings (SSSR count). The molecule has 0 aliphatic heterocycles. The average Bonchev–Trinajstić information content (AvgIpc) is 2.35. The van der Waals surface area contributed by atoms with Gasteiger partial charge in [0.15, 0.2) is 0 Å². The summed E-state index contributed by atoms with van der Waals surface area (Å²) in [6.45, 7) is 4.16. The number of hydrogen-bond acceptors (Lipinski definition) is 3. The summed E-state index contributed by atoms with van der Waals surface area (Å²) in [6, 6.07) is 6.99. The van der Waals surface area contributed by atoms with Crippen molar-refractivity contribution in [1.82, 2.24) is 5.32 Å². The van der Waals surface area contributed by atoms with E-state index in [-0.39, 0.29) is 5.91 Å². The minimum absolute atomic E-state index is 0.202. The Bertz CT molecular complexity index is 446. The lowest BCUT2D eigenvalue weighted by Crippen LogP contribution is -2.18. The molecule has 82 valence electrons. The van der Waals surface area contributed by atoms with Crippen LogP contribution in [0.3, 0.4) is 0 Å². The number of anilines is 1. The predicted molar refractivity (Wildman–Crippen MR) is 63.2 cm³/mol. The van der Waals surface area contributed by atoms with Gasteiger partial charge in [0, 0.05) is 19.2 Å². The average molecular weight is 215 g/mol. The molecule has 4 nitrogen and oxygen atoms in total. The van der Waals surface area contributed by atoms with Crippen LogP contribution in [0.5, 0.6) is 0 Å². The Kier molecular flexibility index (Phi) is 4.10. The normalized spacial score (nSPS) is 9.00. The first-order chi connectivity index (χ1) is 7.72. The second-order valence-corrected chi connectivity index (χ2v) is 3.12. The van der Waals surface area contributed by atoms with E-state index in [9.17, 15) is 4.79 Å². The van der Waals surface area contributed by atoms with Gasteiger partial charge in [-0.2, -0.15) is 5.26 Å². The van der Waals surface area contributed by atoms with Crippen molar-refractivity contribution in [2.75, 3.05) is 18.9 Å². The number of nitriles is 1. The number of carbonyl (C=O) groups excluding carboxylic acids is 1. The molecule has 0 aromatic heterocycles. The van der Waals surface area contributed by atoms with E-state index in [0.29, 0.717) is 23.4 Å². The van der Waals surface area contributed by atoms with Crippen LogP contribution in [0.15, 0.2) is 30.9 Å². The maximum Gasteiger partial charge on any atom is 0.251 e. The van der Waals surface area contributed by atoms with E-state index in [1.807, 2.05) is 6.07 Å². The SMILES string of the molecule is C=CCNc1ccc(C(=O)NC)cc1C#N. The molecule has 4 heteroatoms. The first-order valence-corrected chi connectivity index (χ1v) is 4.84. The first kappa shape index (κ1) is 11.8. The second kappa shape index (κ2) is 5.56. The number of benzene rings is 1. The molecule has 0 saturated carbocycles. The van der Waals surface area contributed by atoms with Gasteiger partial charge in [-0.25, -0.2) is 0 Å². The molecule has 0 radical (unpaired) electrons. The van der Waals surface area contributed by atoms with E-state index in [0.717, 1.165) is 0 Å². The molecule has 1 aromatic carbocycles. The van der Waals surface area contributed by atoms with Crippen LogP contribution in [0.1, 0.15) is 15.9 Å². The Labute approximate surface area is 94.6 Å². The largest absolute Gasteiger partial charge is 0.381 e. The fraction of sp³-hybridized carbons (Fsp3) is 0.167. The Morgan fingerprint density at radius 3 is 2.94 bits per heavy atom. The lowest BCUT2D eigenvalue weighted by molar-refractivity contribution is 0.0963. The summed E-state index contributed by atoms with van der Waals surface area (Å²) >= 11 is 0. The fourth-order valence-electron chi connectivity index (χ4n) is 1.26. The van der Waals surface area contributed by atoms with E-state index in [2.05, 4.69) is 17.2 Å². The number of nitrogens with one attached hydrogen (secondary N) is 2. The number of hydrogen-bond donors (Lipinski definition) is 2. The third-order valence-corrected chi connectivity index (χ3v) is 2.07. The molecule has 0 aliphatic carbocycles. The summed E-state index contributed by atoms with van der Waals surface area (Å²) in [5.41, 5.74) is 1.63. The van der Waals surface area contributed by atoms with Crippen molar-refractivity contribution in [2.24, 2.45) is 0 Å². The summed E-state index contributed by atoms with van der Waals surface area (Å²) in [7, 11) is 1.55. The number of amides is 1. The van der Waals surface area contributed by atoms with Crippen LogP contribution in [0.4, 0.5) is 5.69 Å². The monoisotopic (exact) mass is 215 g/mol. The second-order valence-electron chi connectivity index (χ2n) is 3.12. The van der Waals surface area contributed by atoms with E-state index in [1.54, 1.807) is 31.3 Å². The number of rotatable bonds is 4. The zero-order valence-electron chi connectivity index (χ0n) is 9.08. The molecular weight excluding hydrogens is 202 g/mol. The highest BCUT2D eigenvalue weighted by Gasteiger charge is 2.07. The van der Waals surface area contributed by atoms with Crippen LogP contribution in [0.2, 0.25) is 0 Å². The van der Waals surface area contributed by atoms with Gasteiger partial charge >= 0.3 is 0 Å². The van der Waals surface area contributed by atoms with Gasteiger partial charge in [0.25, 0.3) is 5.91 Å². The molecule has 0 heterocycles. The van der Waals surface area contributed by atoms with Gasteiger partial charge in [0.05, 0.1) is 11.3 Å². The van der Waals surface area contributed by atoms with Gasteiger partial charge < -0.3 is 10.6 Å². The number of nitrogens with zero attached hydrogens (tertiary/aromatic N) is 1. The van der Waals surface area contributed by atoms with Crippen LogP contribution >= 0.6 is 0 Å². The highest BCUT2D eigenvalue weighted by Crippen LogP contribution is 2.16. The van der Waals surface area contributed by atoms with Gasteiger partial charge in [0.2, 0.25) is 0 Å². The van der Waals surface area contributed by atoms with Gasteiger partial charge in [-0.05, 0) is 18.2 Å². The van der Waals surface area contributed by atoms with E-state index >= 15 is 0 Å². The molecule has 1 aromatic rings. The molecule has 16 heavy (non-hydrogen) atoms. The van der Waals surface area contributed by atoms with Crippen molar-refractivity contribution >= 4 is 11.6 Å². The maximum atomic E-state index is 11.3. The van der Waals surface area contributed by atoms with E-state index < -0.39 is 0 Å². The molecule has 0 bridgehead atoms. The molecule has 2 N–H and O–H groups in total. The van der Waals surface area contributed by atoms with Crippen LogP contribution in [-0.4, -0.2) is 19.5 Å². The Hall–Kier alpha value is -2.28. The third kappa shape index (κ3) is 2.61. The fourth-order valence-corrected chi connectivity index (χ4v) is 1.26. The molecule has 0 aliphatic rings. The van der Waals surface area contributed by atoms with Gasteiger partial charge in [-0.3, -0.25) is 4.79 Å². The third-order valence-electron chi connectivity index (χ3n) is 2.07. The summed E-state index contributed by atoms with van der Waals surface area (Å²) in [5, 5.41) is 14.5. The molecule has 1 amide bonds. The quantitative estimate of drug-likeness (QED) is 0.748. The highest BCUT2D eigenvalue weighted by atomic mass is 16.1. The Balaban J connectivity index is 3.02. The highest BCUT2D eigenvalue weighted by molar-refractivity contribution is 5.95. The van der Waals surface area contributed by atoms with Crippen molar-refractivity contribution in [1.29, 1.82) is 5.26 Å². The van der Waals surface area contributed by atoms with Crippen LogP contribution in [-0.2, 0) is 0 Å². The summed E-state index contributed by atoms with van der Waals surface area (Å²) in [5.74, 6) is -0.202. The molecule has 0 unspecified atom stereocenters. The van der Waals surface area contributed by atoms with Gasteiger partial charge in [0.1, 0.15) is 6.07 Å². The topological polar surface area (TPSA) is 64.9 Å². The zero-order valence-corrected chi connectivity index (χ0v) is 9.08.